The van der Waals surface area contributed by atoms with Gasteiger partial charge in [0.25, 0.3) is 0 Å². The van der Waals surface area contributed by atoms with Crippen molar-refractivity contribution >= 4 is 15.9 Å². The minimum Gasteiger partial charge on any atom is -0.375 e. The van der Waals surface area contributed by atoms with Crippen LogP contribution in [0.5, 0.6) is 0 Å². The first-order valence-corrected chi connectivity index (χ1v) is 7.85. The number of aromatic nitrogens is 2. The number of hydrogen-bond acceptors (Lipinski definition) is 5. The fraction of sp³-hybridized carbons (Fsp3) is 0.467. The fourth-order valence-corrected chi connectivity index (χ4v) is 2.70. The average molecular weight is 352 g/mol. The number of morpholine rings is 1. The van der Waals surface area contributed by atoms with E-state index in [4.69, 9.17) is 9.26 Å². The first-order chi connectivity index (χ1) is 10.1. The molecule has 1 unspecified atom stereocenters. The van der Waals surface area contributed by atoms with E-state index in [9.17, 15) is 0 Å². The van der Waals surface area contributed by atoms with E-state index in [0.717, 1.165) is 40.9 Å². The molecule has 2 heterocycles. The van der Waals surface area contributed by atoms with Gasteiger partial charge in [-0.25, -0.2) is 0 Å². The summed E-state index contributed by atoms with van der Waals surface area (Å²) < 4.78 is 12.1. The summed E-state index contributed by atoms with van der Waals surface area (Å²) in [6, 6.07) is 4.12. The van der Waals surface area contributed by atoms with Crippen molar-refractivity contribution in [1.82, 2.24) is 15.5 Å². The molecule has 1 aromatic carbocycles. The highest BCUT2D eigenvalue weighted by Gasteiger charge is 2.18. The van der Waals surface area contributed by atoms with Gasteiger partial charge in [0.15, 0.2) is 0 Å². The van der Waals surface area contributed by atoms with Crippen LogP contribution in [-0.4, -0.2) is 35.9 Å². The number of halogens is 1. The monoisotopic (exact) mass is 351 g/mol. The van der Waals surface area contributed by atoms with Crippen molar-refractivity contribution in [2.75, 3.05) is 19.7 Å². The Morgan fingerprint density at radius 2 is 2.10 bits per heavy atom. The summed E-state index contributed by atoms with van der Waals surface area (Å²) in [5.41, 5.74) is 3.30. The summed E-state index contributed by atoms with van der Waals surface area (Å²) in [5, 5.41) is 7.38. The summed E-state index contributed by atoms with van der Waals surface area (Å²) in [6.07, 6.45) is 0.759. The predicted molar refractivity (Wildman–Crippen MR) is 83.2 cm³/mol. The van der Waals surface area contributed by atoms with E-state index in [1.54, 1.807) is 0 Å². The summed E-state index contributed by atoms with van der Waals surface area (Å²) in [6.45, 7) is 6.58. The number of aryl methyl sites for hydroxylation is 2. The molecule has 21 heavy (non-hydrogen) atoms. The van der Waals surface area contributed by atoms with Gasteiger partial charge >= 0.3 is 0 Å². The van der Waals surface area contributed by atoms with E-state index in [0.29, 0.717) is 18.1 Å². The van der Waals surface area contributed by atoms with Crippen molar-refractivity contribution in [3.8, 4) is 11.4 Å². The second-order valence-electron chi connectivity index (χ2n) is 5.34. The highest BCUT2D eigenvalue weighted by molar-refractivity contribution is 9.10. The summed E-state index contributed by atoms with van der Waals surface area (Å²) in [4.78, 5) is 4.49. The van der Waals surface area contributed by atoms with Gasteiger partial charge in [-0.05, 0) is 37.1 Å². The van der Waals surface area contributed by atoms with Gasteiger partial charge in [-0.15, -0.1) is 0 Å². The van der Waals surface area contributed by atoms with Crippen LogP contribution in [0.25, 0.3) is 11.4 Å². The van der Waals surface area contributed by atoms with Gasteiger partial charge in [0.05, 0.1) is 19.1 Å². The molecule has 0 spiro atoms. The van der Waals surface area contributed by atoms with Crippen LogP contribution in [-0.2, 0) is 11.2 Å². The van der Waals surface area contributed by atoms with Crippen LogP contribution in [0.4, 0.5) is 0 Å². The molecule has 6 heteroatoms. The quantitative estimate of drug-likeness (QED) is 0.920. The molecule has 1 fully saturated rings. The first kappa shape index (κ1) is 14.7. The second-order valence-corrected chi connectivity index (χ2v) is 6.13. The molecule has 0 radical (unpaired) electrons. The minimum atomic E-state index is 0.112. The Bertz CT molecular complexity index is 613. The van der Waals surface area contributed by atoms with Gasteiger partial charge in [-0.1, -0.05) is 21.1 Å². The maximum absolute atomic E-state index is 5.65. The number of ether oxygens (including phenoxy) is 1. The number of nitrogens with one attached hydrogen (secondary N) is 1. The normalized spacial score (nSPS) is 18.9. The smallest absolute Gasteiger partial charge is 0.229 e. The van der Waals surface area contributed by atoms with Crippen molar-refractivity contribution in [2.45, 2.75) is 26.4 Å². The summed E-state index contributed by atoms with van der Waals surface area (Å²) >= 11 is 3.57. The Morgan fingerprint density at radius 3 is 2.76 bits per heavy atom. The zero-order chi connectivity index (χ0) is 14.8. The van der Waals surface area contributed by atoms with Gasteiger partial charge in [0.1, 0.15) is 0 Å². The highest BCUT2D eigenvalue weighted by Crippen LogP contribution is 2.27. The third-order valence-corrected chi connectivity index (χ3v) is 4.82. The lowest BCUT2D eigenvalue weighted by atomic mass is 10.1. The molecule has 1 saturated heterocycles. The molecule has 0 amide bonds. The third kappa shape index (κ3) is 3.33. The van der Waals surface area contributed by atoms with E-state index >= 15 is 0 Å². The fourth-order valence-electron chi connectivity index (χ4n) is 2.48. The molecule has 1 aliphatic rings. The molecule has 1 aromatic heterocycles. The molecular weight excluding hydrogens is 334 g/mol. The number of nitrogens with zero attached hydrogens (tertiary/aromatic N) is 2. The SMILES string of the molecule is Cc1cc(-c2noc(CC3CNCCO3)n2)cc(C)c1Br. The number of benzene rings is 1. The predicted octanol–water partition coefficient (Wildman–Crippen LogP) is 2.65. The Kier molecular flexibility index (Phi) is 4.37. The van der Waals surface area contributed by atoms with Crippen LogP contribution in [0.15, 0.2) is 21.1 Å². The molecule has 0 saturated carbocycles. The van der Waals surface area contributed by atoms with Crippen molar-refractivity contribution in [3.63, 3.8) is 0 Å². The molecule has 1 N–H and O–H groups in total. The van der Waals surface area contributed by atoms with Crippen molar-refractivity contribution < 1.29 is 9.26 Å². The highest BCUT2D eigenvalue weighted by atomic mass is 79.9. The molecule has 1 atom stereocenters. The van der Waals surface area contributed by atoms with Gasteiger partial charge in [0.2, 0.25) is 11.7 Å². The first-order valence-electron chi connectivity index (χ1n) is 7.05. The van der Waals surface area contributed by atoms with Crippen LogP contribution in [0.2, 0.25) is 0 Å². The number of hydrogen-bond donors (Lipinski definition) is 1. The van der Waals surface area contributed by atoms with E-state index < -0.39 is 0 Å². The standard InChI is InChI=1S/C15H18BrN3O2/c1-9-5-11(6-10(2)14(9)16)15-18-13(21-19-15)7-12-8-17-3-4-20-12/h5-6,12,17H,3-4,7-8H2,1-2H3. The van der Waals surface area contributed by atoms with E-state index in [1.165, 1.54) is 0 Å². The maximum atomic E-state index is 5.65. The zero-order valence-corrected chi connectivity index (χ0v) is 13.7. The van der Waals surface area contributed by atoms with Crippen LogP contribution < -0.4 is 5.32 Å². The molecule has 112 valence electrons. The molecule has 1 aliphatic heterocycles. The minimum absolute atomic E-state index is 0.112. The molecule has 3 rings (SSSR count). The lowest BCUT2D eigenvalue weighted by Gasteiger charge is -2.21. The maximum Gasteiger partial charge on any atom is 0.229 e. The van der Waals surface area contributed by atoms with Gasteiger partial charge < -0.3 is 14.6 Å². The summed E-state index contributed by atoms with van der Waals surface area (Å²) in [5.74, 6) is 1.25. The van der Waals surface area contributed by atoms with Crippen molar-refractivity contribution in [1.29, 1.82) is 0 Å². The Hall–Kier alpha value is -1.24. The van der Waals surface area contributed by atoms with Crippen molar-refractivity contribution in [2.24, 2.45) is 0 Å². The Labute approximate surface area is 132 Å². The Balaban J connectivity index is 1.78. The summed E-state index contributed by atoms with van der Waals surface area (Å²) in [7, 11) is 0. The second kappa shape index (κ2) is 6.25. The van der Waals surface area contributed by atoms with Gasteiger partial charge in [-0.2, -0.15) is 4.98 Å². The Morgan fingerprint density at radius 1 is 1.33 bits per heavy atom. The molecular formula is C15H18BrN3O2. The zero-order valence-electron chi connectivity index (χ0n) is 12.1. The van der Waals surface area contributed by atoms with Crippen molar-refractivity contribution in [3.05, 3.63) is 33.6 Å². The largest absolute Gasteiger partial charge is 0.375 e. The third-order valence-electron chi connectivity index (χ3n) is 3.57. The van der Waals surface area contributed by atoms with Crippen LogP contribution >= 0.6 is 15.9 Å². The van der Waals surface area contributed by atoms with Gasteiger partial charge in [-0.3, -0.25) is 0 Å². The number of rotatable bonds is 3. The molecule has 5 nitrogen and oxygen atoms in total. The van der Waals surface area contributed by atoms with Crippen LogP contribution in [0, 0.1) is 13.8 Å². The average Bonchev–Trinajstić information content (AvgIpc) is 2.94. The molecule has 2 aromatic rings. The lowest BCUT2D eigenvalue weighted by Crippen LogP contribution is -2.39. The van der Waals surface area contributed by atoms with E-state index in [2.05, 4.69) is 57.4 Å². The van der Waals surface area contributed by atoms with E-state index in [1.807, 2.05) is 0 Å². The van der Waals surface area contributed by atoms with E-state index in [-0.39, 0.29) is 6.10 Å². The topological polar surface area (TPSA) is 60.2 Å². The van der Waals surface area contributed by atoms with Gasteiger partial charge in [0, 0.05) is 23.1 Å². The molecule has 0 aliphatic carbocycles. The molecule has 0 bridgehead atoms. The lowest BCUT2D eigenvalue weighted by molar-refractivity contribution is 0.0246. The van der Waals surface area contributed by atoms with Crippen LogP contribution in [0.1, 0.15) is 17.0 Å². The van der Waals surface area contributed by atoms with Crippen LogP contribution in [0.3, 0.4) is 0 Å².